The molecule has 2 fully saturated rings. The highest BCUT2D eigenvalue weighted by molar-refractivity contribution is 7.99. The molecule has 1 aromatic rings. The van der Waals surface area contributed by atoms with Gasteiger partial charge >= 0.3 is 0 Å². The molecule has 156 valence electrons. The standard InChI is InChI=1S/C20H29ClN2O3S2/c21-18-9-7-16(8-10-18)15-28(25,26)23-12-3-4-17(14-23)20(24)22-11-13-27-19-5-1-2-6-19/h7-10,17,19H,1-6,11-15H2,(H,22,24)/t17-/m1/s1. The second-order valence-corrected chi connectivity index (χ2v) is 11.5. The number of rotatable bonds is 8. The summed E-state index contributed by atoms with van der Waals surface area (Å²) in [4.78, 5) is 12.5. The highest BCUT2D eigenvalue weighted by Crippen LogP contribution is 2.29. The van der Waals surface area contributed by atoms with Crippen LogP contribution in [0.25, 0.3) is 0 Å². The van der Waals surface area contributed by atoms with Crippen LogP contribution < -0.4 is 5.32 Å². The maximum Gasteiger partial charge on any atom is 0.224 e. The van der Waals surface area contributed by atoms with Crippen molar-refractivity contribution in [1.29, 1.82) is 0 Å². The molecule has 1 amide bonds. The third kappa shape index (κ3) is 6.37. The first-order valence-corrected chi connectivity index (χ1v) is 13.1. The number of piperidine rings is 1. The van der Waals surface area contributed by atoms with Gasteiger partial charge in [0.15, 0.2) is 0 Å². The smallest absolute Gasteiger partial charge is 0.224 e. The number of nitrogens with zero attached hydrogens (tertiary/aromatic N) is 1. The van der Waals surface area contributed by atoms with E-state index >= 15 is 0 Å². The molecule has 5 nitrogen and oxygen atoms in total. The number of carbonyl (C=O) groups is 1. The number of sulfonamides is 1. The molecule has 2 aliphatic rings. The summed E-state index contributed by atoms with van der Waals surface area (Å²) >= 11 is 7.82. The molecule has 1 saturated heterocycles. The van der Waals surface area contributed by atoms with E-state index in [0.29, 0.717) is 23.7 Å². The van der Waals surface area contributed by atoms with Crippen LogP contribution in [0.5, 0.6) is 0 Å². The molecule has 8 heteroatoms. The van der Waals surface area contributed by atoms with Gasteiger partial charge in [-0.3, -0.25) is 4.79 Å². The lowest BCUT2D eigenvalue weighted by atomic mass is 9.99. The lowest BCUT2D eigenvalue weighted by Crippen LogP contribution is -2.46. The van der Waals surface area contributed by atoms with E-state index in [1.807, 2.05) is 11.8 Å². The summed E-state index contributed by atoms with van der Waals surface area (Å²) < 4.78 is 27.0. The Balaban J connectivity index is 1.46. The van der Waals surface area contributed by atoms with Crippen LogP contribution in [0.2, 0.25) is 5.02 Å². The molecule has 0 bridgehead atoms. The van der Waals surface area contributed by atoms with Gasteiger partial charge in [-0.05, 0) is 43.4 Å². The highest BCUT2D eigenvalue weighted by Gasteiger charge is 2.32. The van der Waals surface area contributed by atoms with Crippen molar-refractivity contribution < 1.29 is 13.2 Å². The molecule has 0 radical (unpaired) electrons. The lowest BCUT2D eigenvalue weighted by Gasteiger charge is -2.31. The van der Waals surface area contributed by atoms with Gasteiger partial charge in [0.1, 0.15) is 0 Å². The fourth-order valence-corrected chi connectivity index (χ4v) is 6.85. The second kappa shape index (κ2) is 10.3. The average Bonchev–Trinajstić information content (AvgIpc) is 3.20. The molecule has 1 heterocycles. The zero-order valence-electron chi connectivity index (χ0n) is 16.1. The van der Waals surface area contributed by atoms with E-state index in [4.69, 9.17) is 11.6 Å². The molecule has 1 N–H and O–H groups in total. The molecule has 1 atom stereocenters. The van der Waals surface area contributed by atoms with Crippen LogP contribution in [-0.4, -0.2) is 49.3 Å². The topological polar surface area (TPSA) is 66.5 Å². The number of carbonyl (C=O) groups excluding carboxylic acids is 1. The molecule has 1 aliphatic heterocycles. The molecule has 1 aromatic carbocycles. The Morgan fingerprint density at radius 1 is 1.14 bits per heavy atom. The maximum absolute atomic E-state index is 12.8. The van der Waals surface area contributed by atoms with Gasteiger partial charge in [0, 0.05) is 35.7 Å². The summed E-state index contributed by atoms with van der Waals surface area (Å²) in [5, 5.41) is 4.34. The third-order valence-electron chi connectivity index (χ3n) is 5.47. The minimum Gasteiger partial charge on any atom is -0.355 e. The lowest BCUT2D eigenvalue weighted by molar-refractivity contribution is -0.125. The Morgan fingerprint density at radius 2 is 1.86 bits per heavy atom. The second-order valence-electron chi connectivity index (χ2n) is 7.65. The zero-order valence-corrected chi connectivity index (χ0v) is 18.5. The normalized spacial score (nSPS) is 21.7. The minimum absolute atomic E-state index is 0.0154. The van der Waals surface area contributed by atoms with Crippen molar-refractivity contribution in [2.45, 2.75) is 49.5 Å². The van der Waals surface area contributed by atoms with Crippen molar-refractivity contribution in [3.05, 3.63) is 34.9 Å². The van der Waals surface area contributed by atoms with Crippen molar-refractivity contribution >= 4 is 39.3 Å². The van der Waals surface area contributed by atoms with Crippen molar-refractivity contribution in [1.82, 2.24) is 9.62 Å². The largest absolute Gasteiger partial charge is 0.355 e. The number of hydrogen-bond donors (Lipinski definition) is 1. The predicted molar refractivity (Wildman–Crippen MR) is 116 cm³/mol. The van der Waals surface area contributed by atoms with E-state index in [2.05, 4.69) is 5.32 Å². The van der Waals surface area contributed by atoms with Crippen molar-refractivity contribution in [2.75, 3.05) is 25.4 Å². The summed E-state index contributed by atoms with van der Waals surface area (Å²) in [6.07, 6.45) is 6.70. The van der Waals surface area contributed by atoms with Crippen LogP contribution in [0.4, 0.5) is 0 Å². The molecule has 3 rings (SSSR count). The van der Waals surface area contributed by atoms with E-state index in [1.54, 1.807) is 24.3 Å². The zero-order chi connectivity index (χ0) is 20.0. The summed E-state index contributed by atoms with van der Waals surface area (Å²) in [5.41, 5.74) is 0.708. The number of thioether (sulfide) groups is 1. The van der Waals surface area contributed by atoms with E-state index < -0.39 is 10.0 Å². The average molecular weight is 445 g/mol. The van der Waals surface area contributed by atoms with Crippen LogP contribution in [0.3, 0.4) is 0 Å². The Kier molecular flexibility index (Phi) is 8.09. The monoisotopic (exact) mass is 444 g/mol. The van der Waals surface area contributed by atoms with Gasteiger partial charge in [-0.15, -0.1) is 0 Å². The first kappa shape index (κ1) is 21.9. The van der Waals surface area contributed by atoms with Crippen LogP contribution in [0.1, 0.15) is 44.1 Å². The maximum atomic E-state index is 12.8. The van der Waals surface area contributed by atoms with E-state index in [1.165, 1.54) is 30.0 Å². The number of benzene rings is 1. The van der Waals surface area contributed by atoms with Crippen LogP contribution in [0.15, 0.2) is 24.3 Å². The van der Waals surface area contributed by atoms with Crippen molar-refractivity contribution in [3.63, 3.8) is 0 Å². The van der Waals surface area contributed by atoms with E-state index in [-0.39, 0.29) is 24.1 Å². The first-order valence-electron chi connectivity index (χ1n) is 10.1. The van der Waals surface area contributed by atoms with Gasteiger partial charge in [-0.1, -0.05) is 36.6 Å². The molecule has 0 unspecified atom stereocenters. The fraction of sp³-hybridized carbons (Fsp3) is 0.650. The Hall–Kier alpha value is -0.760. The van der Waals surface area contributed by atoms with Gasteiger partial charge in [-0.25, -0.2) is 12.7 Å². The van der Waals surface area contributed by atoms with E-state index in [0.717, 1.165) is 23.8 Å². The van der Waals surface area contributed by atoms with Crippen LogP contribution >= 0.6 is 23.4 Å². The summed E-state index contributed by atoms with van der Waals surface area (Å²) in [6, 6.07) is 6.86. The molecule has 0 aromatic heterocycles. The summed E-state index contributed by atoms with van der Waals surface area (Å²) in [7, 11) is -3.45. The predicted octanol–water partition coefficient (Wildman–Crippen LogP) is 3.67. The SMILES string of the molecule is O=C(NCCSC1CCCC1)[C@@H]1CCCN(S(=O)(=O)Cc2ccc(Cl)cc2)C1. The third-order valence-corrected chi connectivity index (χ3v) is 8.92. The van der Waals surface area contributed by atoms with Gasteiger partial charge in [-0.2, -0.15) is 11.8 Å². The van der Waals surface area contributed by atoms with Gasteiger partial charge < -0.3 is 5.32 Å². The highest BCUT2D eigenvalue weighted by atomic mass is 35.5. The molecule has 28 heavy (non-hydrogen) atoms. The molecular weight excluding hydrogens is 416 g/mol. The Morgan fingerprint density at radius 3 is 2.57 bits per heavy atom. The Labute approximate surface area is 177 Å². The van der Waals surface area contributed by atoms with Gasteiger partial charge in [0.05, 0.1) is 11.7 Å². The van der Waals surface area contributed by atoms with Crippen LogP contribution in [0, 0.1) is 5.92 Å². The van der Waals surface area contributed by atoms with Gasteiger partial charge in [0.25, 0.3) is 0 Å². The summed E-state index contributed by atoms with van der Waals surface area (Å²) in [5.74, 6) is 0.599. The Bertz CT molecular complexity index is 749. The first-order chi connectivity index (χ1) is 13.4. The summed E-state index contributed by atoms with van der Waals surface area (Å²) in [6.45, 7) is 1.42. The molecule has 0 spiro atoms. The van der Waals surface area contributed by atoms with Gasteiger partial charge in [0.2, 0.25) is 15.9 Å². The van der Waals surface area contributed by atoms with Crippen molar-refractivity contribution in [3.8, 4) is 0 Å². The molecular formula is C20H29ClN2O3S2. The number of amides is 1. The number of hydrogen-bond acceptors (Lipinski definition) is 4. The quantitative estimate of drug-likeness (QED) is 0.621. The minimum atomic E-state index is -3.45. The molecule has 1 saturated carbocycles. The molecule has 1 aliphatic carbocycles. The van der Waals surface area contributed by atoms with E-state index in [9.17, 15) is 13.2 Å². The number of nitrogens with one attached hydrogen (secondary N) is 1. The fourth-order valence-electron chi connectivity index (χ4n) is 3.89. The number of halogens is 1. The van der Waals surface area contributed by atoms with Crippen molar-refractivity contribution in [2.24, 2.45) is 5.92 Å². The van der Waals surface area contributed by atoms with Crippen LogP contribution in [-0.2, 0) is 20.6 Å².